The zero-order chi connectivity index (χ0) is 18.4. The third kappa shape index (κ3) is 5.45. The maximum atomic E-state index is 12.5. The smallest absolute Gasteiger partial charge is 0.348 e. The Morgan fingerprint density at radius 2 is 1.84 bits per heavy atom. The molecule has 0 radical (unpaired) electrons. The van der Waals surface area contributed by atoms with Crippen molar-refractivity contribution in [2.45, 2.75) is 6.92 Å². The summed E-state index contributed by atoms with van der Waals surface area (Å²) in [6.45, 7) is 2.22. The first-order chi connectivity index (χ1) is 11.9. The van der Waals surface area contributed by atoms with Crippen molar-refractivity contribution in [3.05, 3.63) is 67.7 Å². The minimum atomic E-state index is -0.488. The molecule has 0 atom stereocenters. The highest BCUT2D eigenvalue weighted by Crippen LogP contribution is 2.28. The van der Waals surface area contributed by atoms with Crippen LogP contribution in [0.15, 0.2) is 51.4 Å². The van der Waals surface area contributed by atoms with Gasteiger partial charge in [-0.25, -0.2) is 9.18 Å². The van der Waals surface area contributed by atoms with Crippen LogP contribution in [0, 0.1) is 5.82 Å². The quantitative estimate of drug-likeness (QED) is 0.324. The molecule has 0 spiro atoms. The van der Waals surface area contributed by atoms with E-state index in [9.17, 15) is 14.0 Å². The monoisotopic (exact) mass is 486 g/mol. The maximum Gasteiger partial charge on any atom is 0.348 e. The molecule has 0 amide bonds. The maximum absolute atomic E-state index is 12.5. The van der Waals surface area contributed by atoms with Crippen LogP contribution in [0.3, 0.4) is 0 Å². The Kier molecular flexibility index (Phi) is 7.28. The Hall–Kier alpha value is -1.57. The van der Waals surface area contributed by atoms with Crippen LogP contribution in [0.1, 0.15) is 27.0 Å². The van der Waals surface area contributed by atoms with Crippen molar-refractivity contribution >= 4 is 65.5 Å². The molecule has 1 aromatic heterocycles. The molecular formula is C18H13Br2FO3S. The van der Waals surface area contributed by atoms with Crippen LogP contribution in [0.5, 0.6) is 0 Å². The van der Waals surface area contributed by atoms with Gasteiger partial charge in [-0.3, -0.25) is 4.79 Å². The molecule has 0 saturated heterocycles. The highest BCUT2D eigenvalue weighted by Gasteiger charge is 2.10. The van der Waals surface area contributed by atoms with Crippen molar-refractivity contribution in [2.75, 3.05) is 6.61 Å². The van der Waals surface area contributed by atoms with Crippen LogP contribution in [-0.4, -0.2) is 18.9 Å². The number of benzene rings is 2. The van der Waals surface area contributed by atoms with E-state index in [-0.39, 0.29) is 11.5 Å². The molecular weight excluding hydrogens is 475 g/mol. The van der Waals surface area contributed by atoms with Gasteiger partial charge in [0, 0.05) is 13.6 Å². The van der Waals surface area contributed by atoms with Gasteiger partial charge < -0.3 is 4.74 Å². The van der Waals surface area contributed by atoms with Gasteiger partial charge in [-0.2, -0.15) is 0 Å². The van der Waals surface area contributed by atoms with Gasteiger partial charge in [0.15, 0.2) is 6.29 Å². The molecule has 0 unspecified atom stereocenters. The van der Waals surface area contributed by atoms with Gasteiger partial charge in [-0.05, 0) is 54.8 Å². The summed E-state index contributed by atoms with van der Waals surface area (Å²) in [7, 11) is 0. The topological polar surface area (TPSA) is 43.4 Å². The molecule has 3 aromatic rings. The van der Waals surface area contributed by atoms with E-state index in [1.807, 2.05) is 31.2 Å². The number of hydrogen-bond acceptors (Lipinski definition) is 4. The third-order valence-electron chi connectivity index (χ3n) is 3.04. The van der Waals surface area contributed by atoms with Gasteiger partial charge in [-0.15, -0.1) is 11.3 Å². The van der Waals surface area contributed by atoms with Gasteiger partial charge in [0.1, 0.15) is 10.7 Å². The van der Waals surface area contributed by atoms with E-state index in [2.05, 4.69) is 31.9 Å². The van der Waals surface area contributed by atoms with E-state index in [4.69, 9.17) is 4.74 Å². The lowest BCUT2D eigenvalue weighted by Gasteiger charge is -1.95. The summed E-state index contributed by atoms with van der Waals surface area (Å²) >= 11 is 7.97. The van der Waals surface area contributed by atoms with Crippen molar-refractivity contribution in [3.63, 3.8) is 0 Å². The lowest BCUT2D eigenvalue weighted by Crippen LogP contribution is -2.01. The number of aldehydes is 1. The zero-order valence-corrected chi connectivity index (χ0v) is 17.1. The van der Waals surface area contributed by atoms with Crippen LogP contribution < -0.4 is 0 Å². The number of rotatable bonds is 3. The van der Waals surface area contributed by atoms with E-state index in [0.29, 0.717) is 22.2 Å². The van der Waals surface area contributed by atoms with Crippen LogP contribution >= 0.6 is 43.2 Å². The van der Waals surface area contributed by atoms with E-state index in [1.165, 1.54) is 23.5 Å². The van der Waals surface area contributed by atoms with Crippen molar-refractivity contribution in [3.8, 4) is 0 Å². The molecule has 25 heavy (non-hydrogen) atoms. The Morgan fingerprint density at radius 3 is 2.48 bits per heavy atom. The second kappa shape index (κ2) is 9.22. The highest BCUT2D eigenvalue weighted by atomic mass is 79.9. The minimum Gasteiger partial charge on any atom is -0.462 e. The van der Waals surface area contributed by atoms with E-state index in [1.54, 1.807) is 6.07 Å². The van der Waals surface area contributed by atoms with Crippen LogP contribution in [0.2, 0.25) is 0 Å². The molecule has 7 heteroatoms. The second-order valence-electron chi connectivity index (χ2n) is 4.80. The number of carbonyl (C=O) groups excluding carboxylic acids is 2. The third-order valence-corrected chi connectivity index (χ3v) is 5.12. The standard InChI is InChI=1S/C11H9BrO2S.C7H4BrFO/c1-2-14-11(13)10-6-7-5-8(12)3-4-9(7)15-10;8-6-1-2-7(9)5(3-6)4-10/h3-6H,2H2,1H3;1-4H. The molecule has 0 aliphatic carbocycles. The number of carbonyl (C=O) groups is 2. The number of esters is 1. The molecule has 0 aliphatic rings. The van der Waals surface area contributed by atoms with Crippen LogP contribution in [0.25, 0.3) is 10.1 Å². The fourth-order valence-corrected chi connectivity index (χ4v) is 3.62. The average Bonchev–Trinajstić information content (AvgIpc) is 3.01. The average molecular weight is 488 g/mol. The minimum absolute atomic E-state index is 0.0781. The first kappa shape index (κ1) is 19.8. The Balaban J connectivity index is 0.000000196. The molecule has 3 nitrogen and oxygen atoms in total. The zero-order valence-electron chi connectivity index (χ0n) is 13.1. The summed E-state index contributed by atoms with van der Waals surface area (Å²) in [5, 5.41) is 1.07. The van der Waals surface area contributed by atoms with Gasteiger partial charge in [0.05, 0.1) is 12.2 Å². The molecule has 0 N–H and O–H groups in total. The Labute approximate surface area is 165 Å². The molecule has 0 aliphatic heterocycles. The molecule has 130 valence electrons. The molecule has 3 rings (SSSR count). The number of thiophene rings is 1. The van der Waals surface area contributed by atoms with Gasteiger partial charge in [0.25, 0.3) is 0 Å². The van der Waals surface area contributed by atoms with Crippen LogP contribution in [-0.2, 0) is 4.74 Å². The lowest BCUT2D eigenvalue weighted by molar-refractivity contribution is 0.0532. The van der Waals surface area contributed by atoms with Crippen molar-refractivity contribution in [1.82, 2.24) is 0 Å². The second-order valence-corrected chi connectivity index (χ2v) is 7.71. The summed E-state index contributed by atoms with van der Waals surface area (Å²) in [4.78, 5) is 22.3. The van der Waals surface area contributed by atoms with Crippen LogP contribution in [0.4, 0.5) is 4.39 Å². The molecule has 0 saturated carbocycles. The predicted octanol–water partition coefficient (Wildman–Crippen LogP) is 6.24. The normalized spacial score (nSPS) is 10.1. The SMILES string of the molecule is CCOC(=O)c1cc2cc(Br)ccc2s1.O=Cc1cc(Br)ccc1F. The largest absolute Gasteiger partial charge is 0.462 e. The summed E-state index contributed by atoms with van der Waals surface area (Å²) < 4.78 is 20.3. The van der Waals surface area contributed by atoms with Gasteiger partial charge >= 0.3 is 5.97 Å². The molecule has 0 fully saturated rings. The molecule has 1 heterocycles. The predicted molar refractivity (Wildman–Crippen MR) is 105 cm³/mol. The summed E-state index contributed by atoms with van der Waals surface area (Å²) in [6, 6.07) is 12.0. The highest BCUT2D eigenvalue weighted by molar-refractivity contribution is 9.10. The summed E-state index contributed by atoms with van der Waals surface area (Å²) in [5.74, 6) is -0.729. The van der Waals surface area contributed by atoms with Crippen molar-refractivity contribution in [2.24, 2.45) is 0 Å². The van der Waals surface area contributed by atoms with Gasteiger partial charge in [-0.1, -0.05) is 31.9 Å². The summed E-state index contributed by atoms with van der Waals surface area (Å²) in [6.07, 6.45) is 0.486. The Bertz CT molecular complexity index is 908. The van der Waals surface area contributed by atoms with Crippen molar-refractivity contribution in [1.29, 1.82) is 0 Å². The first-order valence-electron chi connectivity index (χ1n) is 7.21. The number of ether oxygens (including phenoxy) is 1. The lowest BCUT2D eigenvalue weighted by atomic mass is 10.2. The van der Waals surface area contributed by atoms with E-state index >= 15 is 0 Å². The van der Waals surface area contributed by atoms with Crippen molar-refractivity contribution < 1.29 is 18.7 Å². The summed E-state index contributed by atoms with van der Waals surface area (Å²) in [5.41, 5.74) is 0.0781. The fraction of sp³-hybridized carbons (Fsp3) is 0.111. The number of halogens is 3. The van der Waals surface area contributed by atoms with E-state index in [0.717, 1.165) is 14.6 Å². The molecule has 0 bridgehead atoms. The fourth-order valence-electron chi connectivity index (χ4n) is 1.92. The van der Waals surface area contributed by atoms with Gasteiger partial charge in [0.2, 0.25) is 0 Å². The van der Waals surface area contributed by atoms with E-state index < -0.39 is 5.82 Å². The molecule has 2 aromatic carbocycles. The first-order valence-corrected chi connectivity index (χ1v) is 9.61. The Morgan fingerprint density at radius 1 is 1.16 bits per heavy atom. The number of fused-ring (bicyclic) bond motifs is 1. The number of hydrogen-bond donors (Lipinski definition) is 0.